The molecule has 0 atom stereocenters. The Morgan fingerprint density at radius 1 is 1.08 bits per heavy atom. The van der Waals surface area contributed by atoms with Crippen molar-refractivity contribution >= 4 is 22.5 Å². The normalized spacial score (nSPS) is 11.0. The van der Waals surface area contributed by atoms with Crippen LogP contribution in [0.1, 0.15) is 5.82 Å². The van der Waals surface area contributed by atoms with Crippen LogP contribution in [0.15, 0.2) is 59.7 Å². The van der Waals surface area contributed by atoms with Crippen molar-refractivity contribution in [1.82, 2.24) is 29.7 Å². The molecule has 3 heterocycles. The van der Waals surface area contributed by atoms with Gasteiger partial charge in [-0.05, 0) is 24.3 Å². The Bertz CT molecular complexity index is 1130. The number of carbonyl (C=O) groups is 1. The molecule has 0 aliphatic rings. The fourth-order valence-electron chi connectivity index (χ4n) is 2.67. The summed E-state index contributed by atoms with van der Waals surface area (Å²) < 4.78 is 3.32. The van der Waals surface area contributed by atoms with E-state index in [1.165, 1.54) is 10.9 Å². The molecule has 0 saturated carbocycles. The van der Waals surface area contributed by atoms with Crippen LogP contribution in [0, 0.1) is 0 Å². The minimum absolute atomic E-state index is 0.0114. The van der Waals surface area contributed by atoms with Gasteiger partial charge in [-0.25, -0.2) is 0 Å². The van der Waals surface area contributed by atoms with Gasteiger partial charge in [0.1, 0.15) is 6.54 Å². The Balaban J connectivity index is 1.51. The summed E-state index contributed by atoms with van der Waals surface area (Å²) >= 11 is 0. The van der Waals surface area contributed by atoms with Gasteiger partial charge in [-0.15, -0.1) is 10.2 Å². The van der Waals surface area contributed by atoms with E-state index in [-0.39, 0.29) is 24.4 Å². The number of pyridine rings is 1. The molecule has 3 aromatic heterocycles. The van der Waals surface area contributed by atoms with E-state index < -0.39 is 0 Å². The van der Waals surface area contributed by atoms with Crippen molar-refractivity contribution in [2.75, 3.05) is 0 Å². The average molecular weight is 334 g/mol. The van der Waals surface area contributed by atoms with Crippen molar-refractivity contribution in [3.8, 4) is 0 Å². The highest BCUT2D eigenvalue weighted by molar-refractivity contribution is 5.81. The molecule has 0 bridgehead atoms. The number of fused-ring (bicyclic) bond motifs is 2. The molecule has 124 valence electrons. The third-order valence-electron chi connectivity index (χ3n) is 3.88. The monoisotopic (exact) mass is 334 g/mol. The van der Waals surface area contributed by atoms with Gasteiger partial charge in [0.2, 0.25) is 11.3 Å². The summed E-state index contributed by atoms with van der Waals surface area (Å²) in [6.45, 7) is 0.264. The molecule has 1 N–H and O–H groups in total. The largest absolute Gasteiger partial charge is 0.347 e. The van der Waals surface area contributed by atoms with E-state index in [0.29, 0.717) is 16.7 Å². The van der Waals surface area contributed by atoms with Crippen LogP contribution in [0.5, 0.6) is 0 Å². The third-order valence-corrected chi connectivity index (χ3v) is 3.88. The number of hydrogen-bond acceptors (Lipinski definition) is 5. The van der Waals surface area contributed by atoms with Crippen molar-refractivity contribution in [1.29, 1.82) is 0 Å². The van der Waals surface area contributed by atoms with Crippen LogP contribution in [0.3, 0.4) is 0 Å². The molecule has 25 heavy (non-hydrogen) atoms. The zero-order valence-corrected chi connectivity index (χ0v) is 13.2. The fourth-order valence-corrected chi connectivity index (χ4v) is 2.67. The first-order valence-corrected chi connectivity index (χ1v) is 7.72. The first-order chi connectivity index (χ1) is 12.2. The van der Waals surface area contributed by atoms with Gasteiger partial charge in [0.05, 0.1) is 18.3 Å². The highest BCUT2D eigenvalue weighted by Crippen LogP contribution is 2.07. The van der Waals surface area contributed by atoms with Crippen LogP contribution in [0.25, 0.3) is 16.6 Å². The van der Waals surface area contributed by atoms with E-state index in [1.807, 2.05) is 28.8 Å². The third kappa shape index (κ3) is 2.85. The number of rotatable bonds is 4. The lowest BCUT2D eigenvalue weighted by Crippen LogP contribution is -2.29. The second kappa shape index (κ2) is 6.16. The molecule has 0 fully saturated rings. The molecule has 1 amide bonds. The lowest BCUT2D eigenvalue weighted by molar-refractivity contribution is -0.122. The van der Waals surface area contributed by atoms with Gasteiger partial charge in [-0.2, -0.15) is 5.10 Å². The van der Waals surface area contributed by atoms with Gasteiger partial charge in [0.25, 0.3) is 0 Å². The van der Waals surface area contributed by atoms with Gasteiger partial charge >= 0.3 is 0 Å². The quantitative estimate of drug-likeness (QED) is 0.594. The lowest BCUT2D eigenvalue weighted by Gasteiger charge is -2.09. The van der Waals surface area contributed by atoms with E-state index in [1.54, 1.807) is 24.3 Å². The minimum Gasteiger partial charge on any atom is -0.347 e. The van der Waals surface area contributed by atoms with E-state index in [0.717, 1.165) is 5.65 Å². The summed E-state index contributed by atoms with van der Waals surface area (Å²) in [6, 6.07) is 12.7. The Hall–Kier alpha value is -3.55. The summed E-state index contributed by atoms with van der Waals surface area (Å²) in [5.41, 5.74) is 1.18. The maximum atomic E-state index is 12.3. The predicted octanol–water partition coefficient (Wildman–Crippen LogP) is 0.756. The van der Waals surface area contributed by atoms with Gasteiger partial charge < -0.3 is 5.32 Å². The van der Waals surface area contributed by atoms with Crippen molar-refractivity contribution in [3.05, 3.63) is 70.9 Å². The number of aromatic nitrogens is 5. The standard InChI is InChI=1S/C17H14N6O2/c24-14-9-19-23(13-6-2-1-5-12(13)14)11-17(25)18-10-16-21-20-15-7-3-4-8-22(15)16/h1-9H,10-11H2,(H,18,25). The average Bonchev–Trinajstić information content (AvgIpc) is 3.06. The molecule has 0 saturated heterocycles. The van der Waals surface area contributed by atoms with Gasteiger partial charge in [0, 0.05) is 11.6 Å². The number of para-hydroxylation sites is 1. The summed E-state index contributed by atoms with van der Waals surface area (Å²) in [4.78, 5) is 24.1. The molecule has 8 heteroatoms. The molecular formula is C17H14N6O2. The van der Waals surface area contributed by atoms with E-state index >= 15 is 0 Å². The van der Waals surface area contributed by atoms with Crippen LogP contribution in [-0.2, 0) is 17.9 Å². The summed E-state index contributed by atoms with van der Waals surface area (Å²) in [7, 11) is 0. The van der Waals surface area contributed by atoms with Gasteiger partial charge in [0.15, 0.2) is 11.5 Å². The molecule has 4 rings (SSSR count). The number of nitrogens with one attached hydrogen (secondary N) is 1. The predicted molar refractivity (Wildman–Crippen MR) is 90.8 cm³/mol. The van der Waals surface area contributed by atoms with E-state index in [4.69, 9.17) is 0 Å². The molecule has 0 unspecified atom stereocenters. The van der Waals surface area contributed by atoms with Crippen LogP contribution < -0.4 is 10.7 Å². The number of hydrogen-bond donors (Lipinski definition) is 1. The van der Waals surface area contributed by atoms with Crippen LogP contribution in [-0.4, -0.2) is 30.3 Å². The summed E-state index contributed by atoms with van der Waals surface area (Å²) in [5.74, 6) is 0.413. The van der Waals surface area contributed by atoms with Crippen molar-refractivity contribution in [2.24, 2.45) is 0 Å². The zero-order chi connectivity index (χ0) is 17.2. The molecule has 8 nitrogen and oxygen atoms in total. The molecular weight excluding hydrogens is 320 g/mol. The Kier molecular flexibility index (Phi) is 3.70. The van der Waals surface area contributed by atoms with E-state index in [9.17, 15) is 9.59 Å². The van der Waals surface area contributed by atoms with Crippen molar-refractivity contribution in [3.63, 3.8) is 0 Å². The summed E-state index contributed by atoms with van der Waals surface area (Å²) in [6.07, 6.45) is 3.06. The smallest absolute Gasteiger partial charge is 0.242 e. The topological polar surface area (TPSA) is 94.2 Å². The Morgan fingerprint density at radius 2 is 1.92 bits per heavy atom. The first kappa shape index (κ1) is 15.0. The van der Waals surface area contributed by atoms with Gasteiger partial charge in [-0.1, -0.05) is 18.2 Å². The van der Waals surface area contributed by atoms with Crippen molar-refractivity contribution in [2.45, 2.75) is 13.1 Å². The van der Waals surface area contributed by atoms with Gasteiger partial charge in [-0.3, -0.25) is 18.7 Å². The zero-order valence-electron chi connectivity index (χ0n) is 13.2. The maximum absolute atomic E-state index is 12.3. The number of nitrogens with zero attached hydrogens (tertiary/aromatic N) is 5. The molecule has 1 aromatic carbocycles. The summed E-state index contributed by atoms with van der Waals surface area (Å²) in [5, 5.41) is 15.5. The number of amides is 1. The van der Waals surface area contributed by atoms with Crippen LogP contribution in [0.2, 0.25) is 0 Å². The highest BCUT2D eigenvalue weighted by Gasteiger charge is 2.10. The molecule has 4 aromatic rings. The Morgan fingerprint density at radius 3 is 2.84 bits per heavy atom. The highest BCUT2D eigenvalue weighted by atomic mass is 16.2. The lowest BCUT2D eigenvalue weighted by atomic mass is 10.2. The van der Waals surface area contributed by atoms with Crippen LogP contribution in [0.4, 0.5) is 0 Å². The maximum Gasteiger partial charge on any atom is 0.242 e. The second-order valence-electron chi connectivity index (χ2n) is 5.51. The number of benzene rings is 1. The SMILES string of the molecule is O=C(Cn1ncc(=O)c2ccccc21)NCc1nnc2ccccn12. The Labute approximate surface area is 141 Å². The number of carbonyl (C=O) groups excluding carboxylic acids is 1. The van der Waals surface area contributed by atoms with Crippen molar-refractivity contribution < 1.29 is 4.79 Å². The molecule has 0 aliphatic carbocycles. The second-order valence-corrected chi connectivity index (χ2v) is 5.51. The molecule has 0 spiro atoms. The fraction of sp³-hybridized carbons (Fsp3) is 0.118. The van der Waals surface area contributed by atoms with Crippen LogP contribution >= 0.6 is 0 Å². The minimum atomic E-state index is -0.228. The molecule has 0 aliphatic heterocycles. The molecule has 0 radical (unpaired) electrons. The first-order valence-electron chi connectivity index (χ1n) is 7.72. The van der Waals surface area contributed by atoms with E-state index in [2.05, 4.69) is 20.6 Å².